The van der Waals surface area contributed by atoms with Gasteiger partial charge >= 0.3 is 0 Å². The quantitative estimate of drug-likeness (QED) is 0.737. The van der Waals surface area contributed by atoms with Crippen LogP contribution >= 0.6 is 11.3 Å². The number of furan rings is 1. The molecule has 0 fully saturated rings. The second kappa shape index (κ2) is 6.31. The van der Waals surface area contributed by atoms with Crippen molar-refractivity contribution < 1.29 is 17.4 Å². The maximum atomic E-state index is 12.5. The van der Waals surface area contributed by atoms with Gasteiger partial charge in [-0.1, -0.05) is 11.2 Å². The number of hydrogen-bond donors (Lipinski definition) is 1. The molecule has 1 N–H and O–H groups in total. The zero-order valence-corrected chi connectivity index (χ0v) is 14.3. The first-order chi connectivity index (χ1) is 11.0. The first kappa shape index (κ1) is 16.0. The van der Waals surface area contributed by atoms with E-state index in [1.165, 1.54) is 0 Å². The third kappa shape index (κ3) is 3.24. The van der Waals surface area contributed by atoms with Gasteiger partial charge in [0.05, 0.1) is 12.2 Å². The molecule has 3 rings (SSSR count). The summed E-state index contributed by atoms with van der Waals surface area (Å²) in [6.45, 7) is 3.38. The van der Waals surface area contributed by atoms with Crippen molar-refractivity contribution in [1.82, 2.24) is 9.88 Å². The molecule has 1 unspecified atom stereocenters. The third-order valence-electron chi connectivity index (χ3n) is 3.49. The van der Waals surface area contributed by atoms with Crippen molar-refractivity contribution in [3.05, 3.63) is 58.0 Å². The number of rotatable bonds is 6. The Balaban J connectivity index is 1.85. The van der Waals surface area contributed by atoms with E-state index < -0.39 is 10.0 Å². The molecule has 0 amide bonds. The van der Waals surface area contributed by atoms with Crippen LogP contribution in [0.2, 0.25) is 0 Å². The molecule has 122 valence electrons. The summed E-state index contributed by atoms with van der Waals surface area (Å²) >= 11 is 1.56. The molecule has 6 nitrogen and oxygen atoms in total. The van der Waals surface area contributed by atoms with Crippen molar-refractivity contribution in [1.29, 1.82) is 0 Å². The van der Waals surface area contributed by atoms with E-state index in [-0.39, 0.29) is 23.1 Å². The van der Waals surface area contributed by atoms with Gasteiger partial charge in [0.2, 0.25) is 10.0 Å². The molecule has 3 aromatic heterocycles. The lowest BCUT2D eigenvalue weighted by Crippen LogP contribution is -2.29. The molecule has 3 aromatic rings. The molecule has 8 heteroatoms. The Labute approximate surface area is 138 Å². The van der Waals surface area contributed by atoms with Gasteiger partial charge in [0.1, 0.15) is 16.3 Å². The predicted molar refractivity (Wildman–Crippen MR) is 86.0 cm³/mol. The lowest BCUT2D eigenvalue weighted by atomic mass is 10.1. The van der Waals surface area contributed by atoms with Crippen LogP contribution in [0.4, 0.5) is 0 Å². The SMILES string of the molecule is Cc1noc(C)c1S(=O)(=O)NCC(c1ccco1)c1cccs1. The number of sulfonamides is 1. The minimum atomic E-state index is -3.70. The summed E-state index contributed by atoms with van der Waals surface area (Å²) in [5, 5.41) is 5.65. The highest BCUT2D eigenvalue weighted by Crippen LogP contribution is 2.29. The van der Waals surface area contributed by atoms with Crippen molar-refractivity contribution in [2.24, 2.45) is 0 Å². The van der Waals surface area contributed by atoms with Crippen molar-refractivity contribution in [2.75, 3.05) is 6.54 Å². The van der Waals surface area contributed by atoms with E-state index in [2.05, 4.69) is 9.88 Å². The molecular weight excluding hydrogens is 336 g/mol. The molecule has 23 heavy (non-hydrogen) atoms. The molecule has 0 spiro atoms. The number of thiophene rings is 1. The Kier molecular flexibility index (Phi) is 4.38. The van der Waals surface area contributed by atoms with Gasteiger partial charge in [-0.25, -0.2) is 13.1 Å². The summed E-state index contributed by atoms with van der Waals surface area (Å²) in [5.74, 6) is 0.815. The van der Waals surface area contributed by atoms with E-state index in [4.69, 9.17) is 8.94 Å². The van der Waals surface area contributed by atoms with Crippen molar-refractivity contribution in [3.8, 4) is 0 Å². The minimum absolute atomic E-state index is 0.0990. The van der Waals surface area contributed by atoms with Crippen LogP contribution in [0.3, 0.4) is 0 Å². The number of nitrogens with one attached hydrogen (secondary N) is 1. The van der Waals surface area contributed by atoms with E-state index in [0.29, 0.717) is 11.5 Å². The monoisotopic (exact) mass is 352 g/mol. The molecule has 0 saturated heterocycles. The van der Waals surface area contributed by atoms with Gasteiger partial charge in [-0.3, -0.25) is 0 Å². The minimum Gasteiger partial charge on any atom is -0.469 e. The lowest BCUT2D eigenvalue weighted by Gasteiger charge is -2.14. The Hall–Kier alpha value is -1.90. The van der Waals surface area contributed by atoms with Crippen LogP contribution < -0.4 is 4.72 Å². The molecule has 1 atom stereocenters. The van der Waals surface area contributed by atoms with Gasteiger partial charge in [0.25, 0.3) is 0 Å². The van der Waals surface area contributed by atoms with E-state index in [1.807, 2.05) is 23.6 Å². The Morgan fingerprint density at radius 2 is 2.13 bits per heavy atom. The van der Waals surface area contributed by atoms with E-state index >= 15 is 0 Å². The summed E-state index contributed by atoms with van der Waals surface area (Å²) in [6, 6.07) is 7.52. The maximum absolute atomic E-state index is 12.5. The van der Waals surface area contributed by atoms with Crippen LogP contribution in [0.25, 0.3) is 0 Å². The highest BCUT2D eigenvalue weighted by atomic mass is 32.2. The van der Waals surface area contributed by atoms with Crippen LogP contribution in [-0.4, -0.2) is 20.1 Å². The highest BCUT2D eigenvalue weighted by Gasteiger charge is 2.27. The Morgan fingerprint density at radius 1 is 1.30 bits per heavy atom. The Morgan fingerprint density at radius 3 is 2.70 bits per heavy atom. The first-order valence-corrected chi connectivity index (χ1v) is 9.34. The van der Waals surface area contributed by atoms with Crippen molar-refractivity contribution in [3.63, 3.8) is 0 Å². The van der Waals surface area contributed by atoms with Crippen molar-refractivity contribution in [2.45, 2.75) is 24.7 Å². The highest BCUT2D eigenvalue weighted by molar-refractivity contribution is 7.89. The Bertz CT molecular complexity index is 811. The fourth-order valence-electron chi connectivity index (χ4n) is 2.44. The van der Waals surface area contributed by atoms with Crippen LogP contribution in [0, 0.1) is 13.8 Å². The van der Waals surface area contributed by atoms with E-state index in [9.17, 15) is 8.42 Å². The summed E-state index contributed by atoms with van der Waals surface area (Å²) in [7, 11) is -3.70. The zero-order chi connectivity index (χ0) is 16.4. The van der Waals surface area contributed by atoms with Crippen LogP contribution in [0.15, 0.2) is 49.7 Å². The van der Waals surface area contributed by atoms with Gasteiger partial charge in [-0.05, 0) is 37.4 Å². The predicted octanol–water partition coefficient (Wildman–Crippen LogP) is 3.06. The topological polar surface area (TPSA) is 85.3 Å². The lowest BCUT2D eigenvalue weighted by molar-refractivity contribution is 0.390. The standard InChI is InChI=1S/C15H16N2O4S2/c1-10-15(11(2)21-17-10)23(18,19)16-9-12(13-5-3-7-20-13)14-6-4-8-22-14/h3-8,12,16H,9H2,1-2H3. The molecule has 0 saturated carbocycles. The average Bonchev–Trinajstić information content (AvgIpc) is 3.22. The molecule has 0 aromatic carbocycles. The maximum Gasteiger partial charge on any atom is 0.246 e. The summed E-state index contributed by atoms with van der Waals surface area (Å²) in [6.07, 6.45) is 1.58. The summed E-state index contributed by atoms with van der Waals surface area (Å²) in [4.78, 5) is 1.13. The molecule has 0 radical (unpaired) electrons. The summed E-state index contributed by atoms with van der Waals surface area (Å²) in [5.41, 5.74) is 0.348. The fourth-order valence-corrected chi connectivity index (χ4v) is 4.65. The van der Waals surface area contributed by atoms with Crippen LogP contribution in [0.5, 0.6) is 0 Å². The van der Waals surface area contributed by atoms with Gasteiger partial charge < -0.3 is 8.94 Å². The number of aryl methyl sites for hydroxylation is 2. The van der Waals surface area contributed by atoms with Crippen LogP contribution in [-0.2, 0) is 10.0 Å². The largest absolute Gasteiger partial charge is 0.469 e. The second-order valence-electron chi connectivity index (χ2n) is 5.09. The third-order valence-corrected chi connectivity index (χ3v) is 6.14. The zero-order valence-electron chi connectivity index (χ0n) is 12.6. The van der Waals surface area contributed by atoms with Gasteiger partial charge in [-0.2, -0.15) is 0 Å². The van der Waals surface area contributed by atoms with Crippen LogP contribution in [0.1, 0.15) is 28.0 Å². The number of hydrogen-bond acceptors (Lipinski definition) is 6. The van der Waals surface area contributed by atoms with E-state index in [1.54, 1.807) is 37.5 Å². The molecule has 0 aliphatic heterocycles. The number of aromatic nitrogens is 1. The molecule has 3 heterocycles. The number of nitrogens with zero attached hydrogens (tertiary/aromatic N) is 1. The molecule has 0 bridgehead atoms. The summed E-state index contributed by atoms with van der Waals surface area (Å²) < 4.78 is 38.1. The van der Waals surface area contributed by atoms with Gasteiger partial charge in [0, 0.05) is 11.4 Å². The normalized spacial score (nSPS) is 13.3. The smallest absolute Gasteiger partial charge is 0.246 e. The molecule has 0 aliphatic carbocycles. The van der Waals surface area contributed by atoms with Gasteiger partial charge in [-0.15, -0.1) is 11.3 Å². The second-order valence-corrected chi connectivity index (χ2v) is 7.77. The van der Waals surface area contributed by atoms with E-state index in [0.717, 1.165) is 4.88 Å². The fraction of sp³-hybridized carbons (Fsp3) is 0.267. The molecular formula is C15H16N2O4S2. The molecule has 0 aliphatic rings. The van der Waals surface area contributed by atoms with Gasteiger partial charge in [0.15, 0.2) is 5.76 Å². The average molecular weight is 352 g/mol. The van der Waals surface area contributed by atoms with Crippen molar-refractivity contribution >= 4 is 21.4 Å². The first-order valence-electron chi connectivity index (χ1n) is 6.98.